The Kier molecular flexibility index (Phi) is 5.92. The second kappa shape index (κ2) is 8.66. The molecule has 3 atom stereocenters. The van der Waals surface area contributed by atoms with Crippen molar-refractivity contribution >= 4 is 29.2 Å². The molecule has 2 aliphatic rings. The van der Waals surface area contributed by atoms with Gasteiger partial charge in [0.25, 0.3) is 0 Å². The predicted octanol–water partition coefficient (Wildman–Crippen LogP) is 2.50. The van der Waals surface area contributed by atoms with Crippen LogP contribution in [0.25, 0.3) is 0 Å². The maximum atomic E-state index is 14.9. The van der Waals surface area contributed by atoms with Crippen molar-refractivity contribution in [3.05, 3.63) is 59.7 Å². The quantitative estimate of drug-likeness (QED) is 0.714. The van der Waals surface area contributed by atoms with Crippen LogP contribution < -0.4 is 9.80 Å². The topological polar surface area (TPSA) is 98.1 Å². The third-order valence-corrected chi connectivity index (χ3v) is 6.10. The predicted molar refractivity (Wildman–Crippen MR) is 111 cm³/mol. The second-order valence-corrected chi connectivity index (χ2v) is 8.11. The van der Waals surface area contributed by atoms with Gasteiger partial charge in [-0.3, -0.25) is 14.5 Å². The summed E-state index contributed by atoms with van der Waals surface area (Å²) in [5, 5.41) is 19.2. The number of anilines is 2. The Morgan fingerprint density at radius 2 is 1.78 bits per heavy atom. The Labute approximate surface area is 182 Å². The summed E-state index contributed by atoms with van der Waals surface area (Å²) in [6, 6.07) is 7.69. The summed E-state index contributed by atoms with van der Waals surface area (Å²) in [6.45, 7) is -0.227. The number of halogens is 2. The lowest BCUT2D eigenvalue weighted by Gasteiger charge is -2.26. The number of amides is 2. The van der Waals surface area contributed by atoms with Crippen LogP contribution in [0.15, 0.2) is 42.5 Å². The van der Waals surface area contributed by atoms with Crippen molar-refractivity contribution in [2.24, 2.45) is 5.92 Å². The molecule has 32 heavy (non-hydrogen) atoms. The molecule has 7 nitrogen and oxygen atoms in total. The van der Waals surface area contributed by atoms with E-state index in [1.54, 1.807) is 6.07 Å². The molecular weight excluding hydrogens is 422 g/mol. The van der Waals surface area contributed by atoms with Crippen LogP contribution in [0.4, 0.5) is 20.2 Å². The van der Waals surface area contributed by atoms with Gasteiger partial charge < -0.3 is 15.1 Å². The normalized spacial score (nSPS) is 23.3. The lowest BCUT2D eigenvalue weighted by molar-refractivity contribution is -0.139. The summed E-state index contributed by atoms with van der Waals surface area (Å²) >= 11 is 0. The van der Waals surface area contributed by atoms with Crippen molar-refractivity contribution in [1.29, 1.82) is 0 Å². The first kappa shape index (κ1) is 21.9. The van der Waals surface area contributed by atoms with Crippen LogP contribution >= 0.6 is 0 Å². The van der Waals surface area contributed by atoms with Crippen molar-refractivity contribution in [1.82, 2.24) is 0 Å². The summed E-state index contributed by atoms with van der Waals surface area (Å²) in [4.78, 5) is 39.1. The van der Waals surface area contributed by atoms with Crippen molar-refractivity contribution in [3.8, 4) is 0 Å². The molecule has 2 amide bonds. The van der Waals surface area contributed by atoms with Gasteiger partial charge in [-0.25, -0.2) is 13.6 Å². The van der Waals surface area contributed by atoms with Crippen LogP contribution in [0.3, 0.4) is 0 Å². The molecule has 2 aromatic rings. The molecule has 0 radical (unpaired) electrons. The SMILES string of the molecule is O=C(O)C1C(Cc2ccc(N3C(=O)CCC3CO)cc2F)CC(=O)N1c1cccc(F)c1. The standard InChI is InChI=1S/C23H22F2N2O5/c24-15-2-1-3-16(10-15)27-21(30)9-14(22(27)23(31)32)8-13-4-5-17(11-19(13)25)26-18(12-28)6-7-20(26)29/h1-5,10-11,14,18,22,28H,6-9,12H2,(H,31,32). The number of carbonyl (C=O) groups excluding carboxylic acids is 2. The fraction of sp³-hybridized carbons (Fsp3) is 0.348. The summed E-state index contributed by atoms with van der Waals surface area (Å²) in [7, 11) is 0. The Balaban J connectivity index is 1.59. The molecule has 2 N–H and O–H groups in total. The maximum absolute atomic E-state index is 14.9. The monoisotopic (exact) mass is 444 g/mol. The fourth-order valence-electron chi connectivity index (χ4n) is 4.63. The van der Waals surface area contributed by atoms with E-state index >= 15 is 0 Å². The molecule has 2 fully saturated rings. The van der Waals surface area contributed by atoms with Gasteiger partial charge in [0.2, 0.25) is 11.8 Å². The van der Waals surface area contributed by atoms with Gasteiger partial charge in [0.15, 0.2) is 0 Å². The van der Waals surface area contributed by atoms with Crippen molar-refractivity contribution < 1.29 is 33.4 Å². The van der Waals surface area contributed by atoms with Gasteiger partial charge in [-0.2, -0.15) is 0 Å². The van der Waals surface area contributed by atoms with Crippen molar-refractivity contribution in [2.75, 3.05) is 16.4 Å². The minimum Gasteiger partial charge on any atom is -0.480 e. The van der Waals surface area contributed by atoms with Gasteiger partial charge in [-0.1, -0.05) is 12.1 Å². The Morgan fingerprint density at radius 1 is 1.03 bits per heavy atom. The Morgan fingerprint density at radius 3 is 2.44 bits per heavy atom. The lowest BCUT2D eigenvalue weighted by atomic mass is 9.91. The zero-order chi connectivity index (χ0) is 23.0. The van der Waals surface area contributed by atoms with E-state index in [2.05, 4.69) is 0 Å². The third-order valence-electron chi connectivity index (χ3n) is 6.10. The molecular formula is C23H22F2N2O5. The fourth-order valence-corrected chi connectivity index (χ4v) is 4.63. The molecule has 2 saturated heterocycles. The van der Waals surface area contributed by atoms with Crippen LogP contribution in [0.2, 0.25) is 0 Å². The van der Waals surface area contributed by atoms with Gasteiger partial charge in [0.1, 0.15) is 17.7 Å². The van der Waals surface area contributed by atoms with E-state index in [4.69, 9.17) is 0 Å². The third kappa shape index (κ3) is 3.95. The zero-order valence-corrected chi connectivity index (χ0v) is 17.1. The van der Waals surface area contributed by atoms with E-state index in [0.717, 1.165) is 11.0 Å². The van der Waals surface area contributed by atoms with Crippen molar-refractivity contribution in [3.63, 3.8) is 0 Å². The number of rotatable bonds is 6. The number of benzene rings is 2. The minimum absolute atomic E-state index is 0.0159. The molecule has 0 aliphatic carbocycles. The number of hydrogen-bond acceptors (Lipinski definition) is 4. The minimum atomic E-state index is -1.26. The van der Waals surface area contributed by atoms with E-state index in [9.17, 15) is 33.4 Å². The Bertz CT molecular complexity index is 1080. The van der Waals surface area contributed by atoms with Crippen LogP contribution in [0.5, 0.6) is 0 Å². The average Bonchev–Trinajstić information content (AvgIpc) is 3.28. The number of carboxylic acids is 1. The number of aliphatic hydroxyl groups is 1. The van der Waals surface area contributed by atoms with Crippen LogP contribution in [0, 0.1) is 17.6 Å². The first-order valence-electron chi connectivity index (χ1n) is 10.3. The molecule has 168 valence electrons. The highest BCUT2D eigenvalue weighted by Crippen LogP contribution is 2.35. The van der Waals surface area contributed by atoms with E-state index < -0.39 is 41.5 Å². The van der Waals surface area contributed by atoms with Crippen molar-refractivity contribution in [2.45, 2.75) is 37.8 Å². The number of aliphatic hydroxyl groups excluding tert-OH is 1. The number of nitrogens with zero attached hydrogens (tertiary/aromatic N) is 2. The number of aliphatic carboxylic acids is 1. The van der Waals surface area contributed by atoms with Gasteiger partial charge in [0, 0.05) is 30.1 Å². The second-order valence-electron chi connectivity index (χ2n) is 8.11. The lowest BCUT2D eigenvalue weighted by Crippen LogP contribution is -2.42. The molecule has 0 aromatic heterocycles. The van der Waals surface area contributed by atoms with Gasteiger partial charge in [-0.05, 0) is 48.7 Å². The zero-order valence-electron chi connectivity index (χ0n) is 17.1. The summed E-state index contributed by atoms with van der Waals surface area (Å²) in [5.41, 5.74) is 0.681. The highest BCUT2D eigenvalue weighted by atomic mass is 19.1. The first-order valence-corrected chi connectivity index (χ1v) is 10.3. The molecule has 3 unspecified atom stereocenters. The van der Waals surface area contributed by atoms with E-state index in [1.165, 1.54) is 35.2 Å². The van der Waals surface area contributed by atoms with Crippen LogP contribution in [-0.2, 0) is 20.8 Å². The highest BCUT2D eigenvalue weighted by Gasteiger charge is 2.45. The van der Waals surface area contributed by atoms with Gasteiger partial charge in [-0.15, -0.1) is 0 Å². The average molecular weight is 444 g/mol. The van der Waals surface area contributed by atoms with Crippen LogP contribution in [-0.4, -0.2) is 46.7 Å². The molecule has 4 rings (SSSR count). The van der Waals surface area contributed by atoms with Gasteiger partial charge in [0.05, 0.1) is 12.6 Å². The number of hydrogen-bond donors (Lipinski definition) is 2. The largest absolute Gasteiger partial charge is 0.480 e. The number of carboxylic acid groups (broad SMARTS) is 1. The molecule has 2 aliphatic heterocycles. The molecule has 0 saturated carbocycles. The Hall–Kier alpha value is -3.33. The van der Waals surface area contributed by atoms with E-state index in [0.29, 0.717) is 12.1 Å². The summed E-state index contributed by atoms with van der Waals surface area (Å²) < 4.78 is 28.6. The summed E-state index contributed by atoms with van der Waals surface area (Å²) in [5.74, 6) is -3.87. The van der Waals surface area contributed by atoms with Crippen LogP contribution in [0.1, 0.15) is 24.8 Å². The van der Waals surface area contributed by atoms with Gasteiger partial charge >= 0.3 is 5.97 Å². The highest BCUT2D eigenvalue weighted by molar-refractivity contribution is 6.02. The summed E-state index contributed by atoms with van der Waals surface area (Å²) in [6.07, 6.45) is 0.623. The number of carbonyl (C=O) groups is 3. The maximum Gasteiger partial charge on any atom is 0.327 e. The molecule has 2 aromatic carbocycles. The van der Waals surface area contributed by atoms with E-state index in [1.807, 2.05) is 0 Å². The first-order chi connectivity index (χ1) is 15.3. The molecule has 2 heterocycles. The smallest absolute Gasteiger partial charge is 0.327 e. The molecule has 9 heteroatoms. The molecule has 0 bridgehead atoms. The molecule has 0 spiro atoms. The van der Waals surface area contributed by atoms with E-state index in [-0.39, 0.29) is 43.0 Å².